The first-order valence-electron chi connectivity index (χ1n) is 8.44. The average Bonchev–Trinajstić information content (AvgIpc) is 3.13. The lowest BCUT2D eigenvalue weighted by Crippen LogP contribution is -2.07. The summed E-state index contributed by atoms with van der Waals surface area (Å²) in [4.78, 5) is 28.0. The van der Waals surface area contributed by atoms with E-state index in [1.165, 1.54) is 18.2 Å². The van der Waals surface area contributed by atoms with Crippen LogP contribution in [0.15, 0.2) is 66.7 Å². The summed E-state index contributed by atoms with van der Waals surface area (Å²) < 4.78 is 1.07. The van der Waals surface area contributed by atoms with Crippen LogP contribution in [0.5, 0.6) is 0 Å². The Morgan fingerprint density at radius 1 is 1.07 bits per heavy atom. The van der Waals surface area contributed by atoms with Crippen LogP contribution < -0.4 is 0 Å². The Labute approximate surface area is 169 Å². The summed E-state index contributed by atoms with van der Waals surface area (Å²) in [5.74, 6) is -0.351. The normalized spacial score (nSPS) is 10.9. The summed E-state index contributed by atoms with van der Waals surface area (Å²) in [6.07, 6.45) is -0.0254. The number of aromatic nitrogens is 1. The predicted molar refractivity (Wildman–Crippen MR) is 111 cm³/mol. The zero-order valence-electron chi connectivity index (χ0n) is 14.5. The molecule has 138 valence electrons. The number of hydrogen-bond acceptors (Lipinski definition) is 5. The lowest BCUT2D eigenvalue weighted by molar-refractivity contribution is -0.385. The molecule has 0 N–H and O–H groups in total. The van der Waals surface area contributed by atoms with Gasteiger partial charge in [0.1, 0.15) is 5.01 Å². The summed E-state index contributed by atoms with van der Waals surface area (Å²) in [6, 6.07) is 19.2. The van der Waals surface area contributed by atoms with Gasteiger partial charge in [0, 0.05) is 23.1 Å². The van der Waals surface area contributed by atoms with E-state index in [4.69, 9.17) is 11.6 Å². The van der Waals surface area contributed by atoms with E-state index in [-0.39, 0.29) is 23.5 Å². The zero-order valence-corrected chi connectivity index (χ0v) is 16.0. The van der Waals surface area contributed by atoms with Crippen molar-refractivity contribution in [3.8, 4) is 10.6 Å². The highest BCUT2D eigenvalue weighted by molar-refractivity contribution is 7.21. The molecule has 4 aromatic rings. The SMILES string of the molecule is O=C(Cc1cc(-c2nc3ccccc3s2)ccc1Cl)c1ccccc1[N+](=O)[O-]. The first-order valence-corrected chi connectivity index (χ1v) is 9.63. The molecule has 3 aromatic carbocycles. The van der Waals surface area contributed by atoms with Crippen molar-refractivity contribution in [2.75, 3.05) is 0 Å². The summed E-state index contributed by atoms with van der Waals surface area (Å²) in [5.41, 5.74) is 2.26. The first kappa shape index (κ1) is 18.3. The maximum Gasteiger partial charge on any atom is 0.280 e. The van der Waals surface area contributed by atoms with E-state index in [9.17, 15) is 14.9 Å². The van der Waals surface area contributed by atoms with Crippen LogP contribution in [0.25, 0.3) is 20.8 Å². The number of carbonyl (C=O) groups excluding carboxylic acids is 1. The van der Waals surface area contributed by atoms with Crippen LogP contribution in [0.1, 0.15) is 15.9 Å². The molecule has 0 saturated heterocycles. The second-order valence-corrected chi connectivity index (χ2v) is 7.60. The van der Waals surface area contributed by atoms with E-state index in [1.807, 2.05) is 36.4 Å². The topological polar surface area (TPSA) is 73.1 Å². The van der Waals surface area contributed by atoms with Crippen LogP contribution in [0.4, 0.5) is 5.69 Å². The predicted octanol–water partition coefficient (Wildman–Crippen LogP) is 5.95. The van der Waals surface area contributed by atoms with E-state index < -0.39 is 4.92 Å². The number of para-hydroxylation sites is 2. The van der Waals surface area contributed by atoms with Crippen LogP contribution in [0, 0.1) is 10.1 Å². The first-order chi connectivity index (χ1) is 13.5. The van der Waals surface area contributed by atoms with Crippen molar-refractivity contribution in [2.24, 2.45) is 0 Å². The molecule has 0 aliphatic heterocycles. The third-order valence-electron chi connectivity index (χ3n) is 4.34. The fraction of sp³-hybridized carbons (Fsp3) is 0.0476. The van der Waals surface area contributed by atoms with E-state index in [0.29, 0.717) is 10.6 Å². The molecule has 0 amide bonds. The average molecular weight is 409 g/mol. The van der Waals surface area contributed by atoms with Gasteiger partial charge in [0.05, 0.1) is 20.7 Å². The van der Waals surface area contributed by atoms with E-state index in [1.54, 1.807) is 23.5 Å². The number of Topliss-reactive ketones (excluding diaryl/α,β-unsaturated/α-hetero) is 1. The highest BCUT2D eigenvalue weighted by Crippen LogP contribution is 2.32. The number of benzene rings is 3. The number of carbonyl (C=O) groups is 1. The van der Waals surface area contributed by atoms with Gasteiger partial charge in [-0.25, -0.2) is 4.98 Å². The summed E-state index contributed by atoms with van der Waals surface area (Å²) in [5, 5.41) is 12.5. The van der Waals surface area contributed by atoms with Gasteiger partial charge in [-0.3, -0.25) is 14.9 Å². The number of halogens is 1. The number of ketones is 1. The third-order valence-corrected chi connectivity index (χ3v) is 5.79. The Morgan fingerprint density at radius 3 is 2.61 bits per heavy atom. The maximum absolute atomic E-state index is 12.7. The van der Waals surface area contributed by atoms with E-state index >= 15 is 0 Å². The molecule has 7 heteroatoms. The summed E-state index contributed by atoms with van der Waals surface area (Å²) >= 11 is 7.85. The molecule has 4 rings (SSSR count). The molecule has 0 aliphatic rings. The van der Waals surface area contributed by atoms with Gasteiger partial charge in [-0.15, -0.1) is 11.3 Å². The van der Waals surface area contributed by atoms with E-state index in [2.05, 4.69) is 4.98 Å². The molecule has 0 saturated carbocycles. The standard InChI is InChI=1S/C21H13ClN2O3S/c22-16-10-9-13(21-23-17-6-2-4-8-20(17)28-21)11-14(16)12-19(25)15-5-1-3-7-18(15)24(26)27/h1-11H,12H2. The molecule has 0 bridgehead atoms. The highest BCUT2D eigenvalue weighted by Gasteiger charge is 2.20. The quantitative estimate of drug-likeness (QED) is 0.232. The van der Waals surface area contributed by atoms with Crippen LogP contribution in [-0.4, -0.2) is 15.7 Å². The molecule has 0 fully saturated rings. The van der Waals surface area contributed by atoms with Gasteiger partial charge in [-0.05, 0) is 35.9 Å². The lowest BCUT2D eigenvalue weighted by Gasteiger charge is -2.07. The fourth-order valence-electron chi connectivity index (χ4n) is 2.98. The second kappa shape index (κ2) is 7.50. The van der Waals surface area contributed by atoms with Crippen molar-refractivity contribution >= 4 is 44.6 Å². The van der Waals surface area contributed by atoms with Crippen molar-refractivity contribution in [3.05, 3.63) is 93.0 Å². The third kappa shape index (κ3) is 3.52. The summed E-state index contributed by atoms with van der Waals surface area (Å²) in [7, 11) is 0. The van der Waals surface area contributed by atoms with Gasteiger partial charge < -0.3 is 0 Å². The fourth-order valence-corrected chi connectivity index (χ4v) is 4.12. The number of fused-ring (bicyclic) bond motifs is 1. The number of hydrogen-bond donors (Lipinski definition) is 0. The molecular formula is C21H13ClN2O3S. The molecule has 5 nitrogen and oxygen atoms in total. The van der Waals surface area contributed by atoms with Crippen molar-refractivity contribution < 1.29 is 9.72 Å². The number of thiazole rings is 1. The Morgan fingerprint density at radius 2 is 1.82 bits per heavy atom. The molecule has 0 unspecified atom stereocenters. The van der Waals surface area contributed by atoms with Gasteiger partial charge in [-0.2, -0.15) is 0 Å². The smallest absolute Gasteiger partial charge is 0.280 e. The van der Waals surface area contributed by atoms with Crippen molar-refractivity contribution in [2.45, 2.75) is 6.42 Å². The van der Waals surface area contributed by atoms with Gasteiger partial charge in [0.25, 0.3) is 5.69 Å². The molecular weight excluding hydrogens is 396 g/mol. The Balaban J connectivity index is 1.68. The molecule has 1 heterocycles. The largest absolute Gasteiger partial charge is 0.294 e. The molecule has 0 aliphatic carbocycles. The van der Waals surface area contributed by atoms with Gasteiger partial charge in [0.2, 0.25) is 0 Å². The minimum absolute atomic E-state index is 0.0254. The highest BCUT2D eigenvalue weighted by atomic mass is 35.5. The van der Waals surface area contributed by atoms with Crippen LogP contribution >= 0.6 is 22.9 Å². The number of nitrogens with zero attached hydrogens (tertiary/aromatic N) is 2. The lowest BCUT2D eigenvalue weighted by atomic mass is 10.00. The summed E-state index contributed by atoms with van der Waals surface area (Å²) in [6.45, 7) is 0. The van der Waals surface area contributed by atoms with E-state index in [0.717, 1.165) is 20.8 Å². The molecule has 0 radical (unpaired) electrons. The zero-order chi connectivity index (χ0) is 19.7. The monoisotopic (exact) mass is 408 g/mol. The Kier molecular flexibility index (Phi) is 4.90. The maximum atomic E-state index is 12.7. The molecule has 28 heavy (non-hydrogen) atoms. The molecule has 1 aromatic heterocycles. The Hall–Kier alpha value is -3.09. The van der Waals surface area contributed by atoms with Crippen molar-refractivity contribution in [3.63, 3.8) is 0 Å². The van der Waals surface area contributed by atoms with Gasteiger partial charge in [0.15, 0.2) is 5.78 Å². The molecule has 0 spiro atoms. The number of nitro benzene ring substituents is 1. The number of nitro groups is 1. The van der Waals surface area contributed by atoms with Gasteiger partial charge >= 0.3 is 0 Å². The minimum atomic E-state index is -0.549. The van der Waals surface area contributed by atoms with Crippen LogP contribution in [0.2, 0.25) is 5.02 Å². The van der Waals surface area contributed by atoms with Crippen molar-refractivity contribution in [1.29, 1.82) is 0 Å². The van der Waals surface area contributed by atoms with Crippen molar-refractivity contribution in [1.82, 2.24) is 4.98 Å². The van der Waals surface area contributed by atoms with Gasteiger partial charge in [-0.1, -0.05) is 41.9 Å². The van der Waals surface area contributed by atoms with Crippen LogP contribution in [-0.2, 0) is 6.42 Å². The van der Waals surface area contributed by atoms with Crippen LogP contribution in [0.3, 0.4) is 0 Å². The molecule has 0 atom stereocenters. The second-order valence-electron chi connectivity index (χ2n) is 6.17. The minimum Gasteiger partial charge on any atom is -0.294 e. The Bertz CT molecular complexity index is 1190. The number of rotatable bonds is 5.